The Bertz CT molecular complexity index is 920. The van der Waals surface area contributed by atoms with Crippen LogP contribution in [-0.4, -0.2) is 37.6 Å². The van der Waals surface area contributed by atoms with Crippen LogP contribution in [0.4, 0.5) is 11.4 Å². The van der Waals surface area contributed by atoms with Gasteiger partial charge in [0.2, 0.25) is 0 Å². The molecule has 0 radical (unpaired) electrons. The first-order valence-corrected chi connectivity index (χ1v) is 10.1. The summed E-state index contributed by atoms with van der Waals surface area (Å²) in [4.78, 5) is 14.4. The van der Waals surface area contributed by atoms with Gasteiger partial charge in [0.1, 0.15) is 0 Å². The molecule has 140 valence electrons. The van der Waals surface area contributed by atoms with Crippen molar-refractivity contribution in [3.63, 3.8) is 0 Å². The molecule has 2 aromatic rings. The molecule has 4 nitrogen and oxygen atoms in total. The Balaban J connectivity index is 1.49. The molecule has 28 heavy (non-hydrogen) atoms. The van der Waals surface area contributed by atoms with Crippen LogP contribution < -0.4 is 9.80 Å². The van der Waals surface area contributed by atoms with Gasteiger partial charge in [-0.05, 0) is 37.1 Å². The highest BCUT2D eigenvalue weighted by molar-refractivity contribution is 6.14. The van der Waals surface area contributed by atoms with Gasteiger partial charge < -0.3 is 9.80 Å². The Morgan fingerprint density at radius 2 is 1.11 bits per heavy atom. The van der Waals surface area contributed by atoms with Gasteiger partial charge in [-0.1, -0.05) is 36.4 Å². The molecule has 0 N–H and O–H groups in total. The summed E-state index contributed by atoms with van der Waals surface area (Å²) in [6.07, 6.45) is 10.7. The van der Waals surface area contributed by atoms with Crippen LogP contribution in [0.1, 0.15) is 24.0 Å². The van der Waals surface area contributed by atoms with Crippen molar-refractivity contribution in [1.82, 2.24) is 0 Å². The number of rotatable bonds is 0. The van der Waals surface area contributed by atoms with Crippen LogP contribution in [0.25, 0.3) is 0 Å². The van der Waals surface area contributed by atoms with Crippen LogP contribution in [0.5, 0.6) is 0 Å². The number of para-hydroxylation sites is 2. The lowest BCUT2D eigenvalue weighted by molar-refractivity contribution is 0.787. The molecule has 4 bridgehead atoms. The average molecular weight is 368 g/mol. The first kappa shape index (κ1) is 17.0. The number of allylic oxidation sites excluding steroid dienone is 2. The van der Waals surface area contributed by atoms with Crippen molar-refractivity contribution in [2.24, 2.45) is 9.98 Å². The van der Waals surface area contributed by atoms with Gasteiger partial charge in [-0.3, -0.25) is 9.98 Å². The van der Waals surface area contributed by atoms with E-state index in [1.165, 1.54) is 22.5 Å². The maximum absolute atomic E-state index is 4.86. The molecule has 4 heterocycles. The van der Waals surface area contributed by atoms with E-state index < -0.39 is 0 Å². The van der Waals surface area contributed by atoms with Crippen molar-refractivity contribution in [3.8, 4) is 0 Å². The molecule has 0 unspecified atom stereocenters. The van der Waals surface area contributed by atoms with Gasteiger partial charge in [0.15, 0.2) is 0 Å². The van der Waals surface area contributed by atoms with Gasteiger partial charge in [-0.15, -0.1) is 0 Å². The summed E-state index contributed by atoms with van der Waals surface area (Å²) in [5.41, 5.74) is 7.15. The molecule has 4 aliphatic rings. The third-order valence-corrected chi connectivity index (χ3v) is 5.48. The van der Waals surface area contributed by atoms with Gasteiger partial charge in [0.05, 0.1) is 22.8 Å². The summed E-state index contributed by atoms with van der Waals surface area (Å²) in [7, 11) is 0. The second kappa shape index (κ2) is 7.47. The Morgan fingerprint density at radius 1 is 0.607 bits per heavy atom. The molecule has 4 heteroatoms. The van der Waals surface area contributed by atoms with Crippen molar-refractivity contribution in [3.05, 3.63) is 84.2 Å². The van der Waals surface area contributed by atoms with E-state index in [1.807, 2.05) is 0 Å². The molecule has 0 aliphatic carbocycles. The van der Waals surface area contributed by atoms with E-state index in [0.717, 1.165) is 50.4 Å². The van der Waals surface area contributed by atoms with Gasteiger partial charge >= 0.3 is 0 Å². The number of aliphatic imine (C=N–C) groups is 2. The summed E-state index contributed by atoms with van der Waals surface area (Å²) < 4.78 is 0. The predicted octanol–water partition coefficient (Wildman–Crippen LogP) is 4.43. The fraction of sp³-hybridized carbons (Fsp3) is 0.250. The minimum Gasteiger partial charge on any atom is -0.347 e. The zero-order chi connectivity index (χ0) is 18.8. The Kier molecular flexibility index (Phi) is 4.53. The third kappa shape index (κ3) is 3.15. The molecule has 4 aliphatic heterocycles. The second-order valence-corrected chi connectivity index (χ2v) is 7.29. The molecular formula is C24H24N4. The van der Waals surface area contributed by atoms with Crippen LogP contribution in [-0.2, 0) is 0 Å². The molecule has 0 saturated carbocycles. The van der Waals surface area contributed by atoms with Crippen LogP contribution in [0, 0.1) is 0 Å². The van der Waals surface area contributed by atoms with Gasteiger partial charge in [0, 0.05) is 49.7 Å². The SMILES string of the molecule is C1=CN2CCCN3C=CC(=NCCCN=C1c1ccccc12)c1ccccc13. The molecule has 0 fully saturated rings. The molecule has 6 rings (SSSR count). The fourth-order valence-electron chi connectivity index (χ4n) is 4.09. The summed E-state index contributed by atoms with van der Waals surface area (Å²) in [5, 5.41) is 0. The summed E-state index contributed by atoms with van der Waals surface area (Å²) in [6, 6.07) is 17.2. The van der Waals surface area contributed by atoms with Gasteiger partial charge in [-0.25, -0.2) is 0 Å². The maximum Gasteiger partial charge on any atom is 0.0682 e. The molecule has 0 aromatic heterocycles. The van der Waals surface area contributed by atoms with Crippen molar-refractivity contribution in [1.29, 1.82) is 0 Å². The Morgan fingerprint density at radius 3 is 1.64 bits per heavy atom. The van der Waals surface area contributed by atoms with Gasteiger partial charge in [-0.2, -0.15) is 0 Å². The highest BCUT2D eigenvalue weighted by Crippen LogP contribution is 2.28. The normalized spacial score (nSPS) is 18.6. The fourth-order valence-corrected chi connectivity index (χ4v) is 4.09. The van der Waals surface area contributed by atoms with Crippen LogP contribution in [0.3, 0.4) is 0 Å². The minimum absolute atomic E-state index is 0.794. The molecular weight excluding hydrogens is 344 g/mol. The quantitative estimate of drug-likeness (QED) is 0.689. The van der Waals surface area contributed by atoms with Crippen molar-refractivity contribution in [2.75, 3.05) is 36.0 Å². The monoisotopic (exact) mass is 368 g/mol. The van der Waals surface area contributed by atoms with E-state index in [4.69, 9.17) is 9.98 Å². The van der Waals surface area contributed by atoms with E-state index >= 15 is 0 Å². The number of nitrogens with zero attached hydrogens (tertiary/aromatic N) is 4. The van der Waals surface area contributed by atoms with E-state index in [0.29, 0.717) is 0 Å². The Hall–Kier alpha value is -3.14. The molecule has 2 aromatic carbocycles. The highest BCUT2D eigenvalue weighted by atomic mass is 15.1. The van der Waals surface area contributed by atoms with Crippen molar-refractivity contribution < 1.29 is 0 Å². The second-order valence-electron chi connectivity index (χ2n) is 7.29. The number of hydrogen-bond donors (Lipinski definition) is 0. The summed E-state index contributed by atoms with van der Waals surface area (Å²) in [5.74, 6) is 0. The topological polar surface area (TPSA) is 31.2 Å². The van der Waals surface area contributed by atoms with E-state index in [-0.39, 0.29) is 0 Å². The Labute approximate surface area is 166 Å². The zero-order valence-electron chi connectivity index (χ0n) is 16.0. The number of benzene rings is 2. The lowest BCUT2D eigenvalue weighted by atomic mass is 10.0. The number of fused-ring (bicyclic) bond motifs is 7. The van der Waals surface area contributed by atoms with Crippen LogP contribution in [0.2, 0.25) is 0 Å². The zero-order valence-corrected chi connectivity index (χ0v) is 16.0. The first-order chi connectivity index (χ1) is 13.9. The van der Waals surface area contributed by atoms with Crippen LogP contribution >= 0.6 is 0 Å². The first-order valence-electron chi connectivity index (χ1n) is 10.1. The van der Waals surface area contributed by atoms with E-state index in [9.17, 15) is 0 Å². The predicted molar refractivity (Wildman–Crippen MR) is 118 cm³/mol. The van der Waals surface area contributed by atoms with E-state index in [2.05, 4.69) is 82.9 Å². The molecule has 0 spiro atoms. The van der Waals surface area contributed by atoms with Gasteiger partial charge in [0.25, 0.3) is 0 Å². The maximum atomic E-state index is 4.86. The smallest absolute Gasteiger partial charge is 0.0682 e. The summed E-state index contributed by atoms with van der Waals surface area (Å²) >= 11 is 0. The highest BCUT2D eigenvalue weighted by Gasteiger charge is 2.19. The van der Waals surface area contributed by atoms with Crippen molar-refractivity contribution >= 4 is 22.8 Å². The van der Waals surface area contributed by atoms with Crippen molar-refractivity contribution in [2.45, 2.75) is 12.8 Å². The summed E-state index contributed by atoms with van der Waals surface area (Å²) in [6.45, 7) is 3.55. The lowest BCUT2D eigenvalue weighted by Crippen LogP contribution is -2.29. The number of anilines is 2. The number of hydrogen-bond acceptors (Lipinski definition) is 4. The van der Waals surface area contributed by atoms with E-state index in [1.54, 1.807) is 0 Å². The largest absolute Gasteiger partial charge is 0.347 e. The average Bonchev–Trinajstić information content (AvgIpc) is 2.74. The molecule has 0 amide bonds. The molecule has 0 saturated heterocycles. The molecule has 0 atom stereocenters. The standard InChI is InChI=1S/C24H24N4/c1-3-9-23-19(7-1)21-11-17-27(23)15-6-16-28-18-12-22(26-14-5-13-25-21)20-8-2-4-10-24(20)28/h1-4,7-12,17-18H,5-6,13-16H2. The third-order valence-electron chi connectivity index (χ3n) is 5.48. The lowest BCUT2D eigenvalue weighted by Gasteiger charge is -2.30. The van der Waals surface area contributed by atoms with Crippen LogP contribution in [0.15, 0.2) is 83.1 Å². The minimum atomic E-state index is 0.794.